The highest BCUT2D eigenvalue weighted by atomic mass is 79.9. The maximum atomic E-state index is 12.7. The minimum Gasteiger partial charge on any atom is -0.493 e. The lowest BCUT2D eigenvalue weighted by molar-refractivity contribution is 0.0994. The Morgan fingerprint density at radius 2 is 1.13 bits per heavy atom. The van der Waals surface area contributed by atoms with Gasteiger partial charge in [0, 0.05) is 40.9 Å². The molecular weight excluding hydrogens is 667 g/mol. The van der Waals surface area contributed by atoms with Crippen molar-refractivity contribution in [2.24, 2.45) is 20.5 Å². The van der Waals surface area contributed by atoms with E-state index in [1.165, 1.54) is 24.3 Å². The number of H-pyrrole nitrogens is 2. The molecule has 2 aromatic heterocycles. The van der Waals surface area contributed by atoms with Gasteiger partial charge in [-0.1, -0.05) is 29.3 Å². The van der Waals surface area contributed by atoms with Crippen LogP contribution in [0.3, 0.4) is 0 Å². The summed E-state index contributed by atoms with van der Waals surface area (Å²) in [6, 6.07) is 12.1. The minimum absolute atomic E-state index is 0.0304. The highest BCUT2D eigenvalue weighted by Gasteiger charge is 2.17. The molecule has 0 radical (unpaired) electrons. The number of aromatic nitrogens is 2. The van der Waals surface area contributed by atoms with Gasteiger partial charge in [-0.3, -0.25) is 9.59 Å². The number of hydrogen-bond acceptors (Lipinski definition) is 6. The van der Waals surface area contributed by atoms with Crippen LogP contribution in [0, 0.1) is 0 Å². The largest absolute Gasteiger partial charge is 0.493 e. The molecule has 3 aromatic carbocycles. The van der Waals surface area contributed by atoms with E-state index in [0.717, 1.165) is 0 Å². The molecular formula is C24H12Br2Cl2N6O4. The summed E-state index contributed by atoms with van der Waals surface area (Å²) in [6.07, 6.45) is 0. The van der Waals surface area contributed by atoms with E-state index in [4.69, 9.17) is 23.2 Å². The number of carbonyl (C=O) groups is 2. The van der Waals surface area contributed by atoms with Crippen LogP contribution in [-0.2, 0) is 0 Å². The zero-order valence-corrected chi connectivity index (χ0v) is 23.3. The van der Waals surface area contributed by atoms with Gasteiger partial charge in [0.2, 0.25) is 11.8 Å². The Morgan fingerprint density at radius 3 is 1.55 bits per heavy atom. The summed E-state index contributed by atoms with van der Waals surface area (Å²) >= 11 is 18.9. The number of fused-ring (bicyclic) bond motifs is 2. The fourth-order valence-corrected chi connectivity index (χ4v) is 5.50. The third-order valence-electron chi connectivity index (χ3n) is 5.39. The monoisotopic (exact) mass is 676 g/mol. The van der Waals surface area contributed by atoms with E-state index in [0.29, 0.717) is 40.8 Å². The molecule has 0 fully saturated rings. The number of aromatic amines is 2. The smallest absolute Gasteiger partial charge is 0.295 e. The lowest BCUT2D eigenvalue weighted by atomic mass is 10.1. The van der Waals surface area contributed by atoms with Gasteiger partial charge in [-0.2, -0.15) is 0 Å². The number of nitrogens with zero attached hydrogens (tertiary/aromatic N) is 4. The molecule has 0 unspecified atom stereocenters. The predicted octanol–water partition coefficient (Wildman–Crippen LogP) is 8.74. The summed E-state index contributed by atoms with van der Waals surface area (Å²) in [5, 5.41) is 37.3. The average molecular weight is 679 g/mol. The van der Waals surface area contributed by atoms with Gasteiger partial charge in [-0.15, -0.1) is 20.5 Å². The van der Waals surface area contributed by atoms with E-state index in [1.807, 2.05) is 0 Å². The third kappa shape index (κ3) is 4.95. The Morgan fingerprint density at radius 1 is 0.711 bits per heavy atom. The third-order valence-corrected chi connectivity index (χ3v) is 7.08. The maximum absolute atomic E-state index is 12.7. The van der Waals surface area contributed by atoms with Crippen LogP contribution in [0.4, 0.5) is 11.4 Å². The zero-order valence-electron chi connectivity index (χ0n) is 18.6. The Balaban J connectivity index is 1.40. The summed E-state index contributed by atoms with van der Waals surface area (Å²) in [4.78, 5) is 30.9. The highest BCUT2D eigenvalue weighted by Crippen LogP contribution is 2.41. The van der Waals surface area contributed by atoms with Crippen LogP contribution in [0.15, 0.2) is 77.9 Å². The molecule has 5 aromatic rings. The first kappa shape index (κ1) is 26.0. The Bertz CT molecular complexity index is 1720. The van der Waals surface area contributed by atoms with E-state index in [9.17, 15) is 19.8 Å². The van der Waals surface area contributed by atoms with Crippen LogP contribution in [0.25, 0.3) is 21.8 Å². The number of halogens is 4. The van der Waals surface area contributed by atoms with Crippen LogP contribution in [-0.4, -0.2) is 32.0 Å². The summed E-state index contributed by atoms with van der Waals surface area (Å²) in [7, 11) is 0. The highest BCUT2D eigenvalue weighted by molar-refractivity contribution is 9.11. The second-order valence-corrected chi connectivity index (χ2v) is 10.4. The first-order chi connectivity index (χ1) is 18.1. The first-order valence-electron chi connectivity index (χ1n) is 10.5. The van der Waals surface area contributed by atoms with E-state index >= 15 is 0 Å². The van der Waals surface area contributed by atoms with Gasteiger partial charge in [0.15, 0.2) is 11.4 Å². The molecule has 0 saturated heterocycles. The van der Waals surface area contributed by atoms with Gasteiger partial charge in [0.05, 0.1) is 11.0 Å². The van der Waals surface area contributed by atoms with Crippen molar-refractivity contribution in [3.8, 4) is 11.8 Å². The average Bonchev–Trinajstić information content (AvgIpc) is 3.36. The Kier molecular flexibility index (Phi) is 7.05. The summed E-state index contributed by atoms with van der Waals surface area (Å²) in [6.45, 7) is 0. The quantitative estimate of drug-likeness (QED) is 0.140. The standard InChI is InChI=1S/C24H12Br2Cl2N6O4/c25-15-7-11(27)5-13-17(15)29-23(37)19(13)31-33-21(35)9-2-1-3-10(4-9)22(36)34-32-20-14-6-12(28)8-16(26)18(14)30-24(20)38/h1-8,29-30,37-38H. The molecule has 0 saturated carbocycles. The van der Waals surface area contributed by atoms with Crippen molar-refractivity contribution < 1.29 is 19.8 Å². The molecule has 0 atom stereocenters. The minimum atomic E-state index is -0.764. The van der Waals surface area contributed by atoms with E-state index < -0.39 is 11.8 Å². The number of hydrogen-bond donors (Lipinski definition) is 4. The summed E-state index contributed by atoms with van der Waals surface area (Å²) in [5.74, 6) is -2.11. The van der Waals surface area contributed by atoms with Gasteiger partial charge < -0.3 is 20.2 Å². The number of aromatic hydroxyl groups is 2. The normalized spacial score (nSPS) is 11.9. The molecule has 14 heteroatoms. The summed E-state index contributed by atoms with van der Waals surface area (Å²) in [5.41, 5.74) is 1.23. The molecule has 10 nitrogen and oxygen atoms in total. The molecule has 2 amide bonds. The van der Waals surface area contributed by atoms with E-state index in [1.54, 1.807) is 24.3 Å². The molecule has 2 heterocycles. The van der Waals surface area contributed by atoms with Crippen molar-refractivity contribution >= 4 is 100 Å². The lowest BCUT2D eigenvalue weighted by Gasteiger charge is -1.99. The number of nitrogens with one attached hydrogen (secondary N) is 2. The van der Waals surface area contributed by atoms with Crippen LogP contribution in [0.2, 0.25) is 10.0 Å². The fourth-order valence-electron chi connectivity index (χ4n) is 3.68. The van der Waals surface area contributed by atoms with Crippen LogP contribution >= 0.6 is 55.1 Å². The van der Waals surface area contributed by atoms with Crippen molar-refractivity contribution in [1.82, 2.24) is 9.97 Å². The molecule has 0 spiro atoms. The molecule has 0 bridgehead atoms. The number of rotatable bonds is 4. The van der Waals surface area contributed by atoms with Gasteiger partial charge in [-0.25, -0.2) is 0 Å². The summed E-state index contributed by atoms with van der Waals surface area (Å²) < 4.78 is 1.19. The van der Waals surface area contributed by atoms with Gasteiger partial charge in [0.1, 0.15) is 0 Å². The lowest BCUT2D eigenvalue weighted by Crippen LogP contribution is -1.99. The molecule has 0 aliphatic carbocycles. The van der Waals surface area contributed by atoms with Crippen molar-refractivity contribution in [2.75, 3.05) is 0 Å². The van der Waals surface area contributed by atoms with Gasteiger partial charge in [-0.05, 0) is 74.3 Å². The number of amides is 2. The molecule has 0 aliphatic heterocycles. The van der Waals surface area contributed by atoms with Crippen molar-refractivity contribution in [3.63, 3.8) is 0 Å². The second-order valence-electron chi connectivity index (χ2n) is 7.86. The first-order valence-corrected chi connectivity index (χ1v) is 12.9. The van der Waals surface area contributed by atoms with Crippen LogP contribution in [0.1, 0.15) is 20.7 Å². The molecule has 38 heavy (non-hydrogen) atoms. The molecule has 190 valence electrons. The van der Waals surface area contributed by atoms with Crippen molar-refractivity contribution in [1.29, 1.82) is 0 Å². The molecule has 5 rings (SSSR count). The van der Waals surface area contributed by atoms with E-state index in [-0.39, 0.29) is 34.3 Å². The maximum Gasteiger partial charge on any atom is 0.295 e. The van der Waals surface area contributed by atoms with Crippen molar-refractivity contribution in [3.05, 3.63) is 78.6 Å². The molecule has 4 N–H and O–H groups in total. The van der Waals surface area contributed by atoms with Crippen molar-refractivity contribution in [2.45, 2.75) is 0 Å². The zero-order chi connectivity index (χ0) is 27.1. The van der Waals surface area contributed by atoms with Gasteiger partial charge in [0.25, 0.3) is 11.8 Å². The number of azo groups is 2. The van der Waals surface area contributed by atoms with Crippen LogP contribution < -0.4 is 0 Å². The fraction of sp³-hybridized carbons (Fsp3) is 0. The molecule has 0 aliphatic rings. The topological polar surface area (TPSA) is 156 Å². The SMILES string of the molecule is O=C(N=Nc1c(O)[nH]c2c(Br)cc(Cl)cc12)c1cccc(C(=O)N=Nc2c(O)[nH]c3c(Br)cc(Cl)cc23)c1. The predicted molar refractivity (Wildman–Crippen MR) is 149 cm³/mol. The Hall–Kier alpha value is -3.58. The van der Waals surface area contributed by atoms with Gasteiger partial charge >= 0.3 is 0 Å². The van der Waals surface area contributed by atoms with Crippen LogP contribution in [0.5, 0.6) is 11.8 Å². The Labute approximate surface area is 239 Å². The van der Waals surface area contributed by atoms with E-state index in [2.05, 4.69) is 62.3 Å². The number of carbonyl (C=O) groups excluding carboxylic acids is 2. The number of benzene rings is 3. The second kappa shape index (κ2) is 10.3.